The number of rotatable bonds is 3. The molecule has 0 atom stereocenters. The van der Waals surface area contributed by atoms with Gasteiger partial charge in [-0.15, -0.1) is 11.3 Å². The molecule has 0 saturated carbocycles. The molecule has 4 nitrogen and oxygen atoms in total. The summed E-state index contributed by atoms with van der Waals surface area (Å²) in [5.41, 5.74) is 2.96. The highest BCUT2D eigenvalue weighted by molar-refractivity contribution is 7.10. The van der Waals surface area contributed by atoms with Crippen LogP contribution in [0.3, 0.4) is 0 Å². The molecule has 0 aliphatic carbocycles. The fourth-order valence-electron chi connectivity index (χ4n) is 1.56. The monoisotopic (exact) mass is 227 g/mol. The van der Waals surface area contributed by atoms with Crippen molar-refractivity contribution in [2.24, 2.45) is 0 Å². The van der Waals surface area contributed by atoms with E-state index in [2.05, 4.69) is 5.43 Å². The van der Waals surface area contributed by atoms with E-state index in [0.29, 0.717) is 6.42 Å². The highest BCUT2D eigenvalue weighted by Crippen LogP contribution is 2.08. The third-order valence-electron chi connectivity index (χ3n) is 2.33. The molecule has 0 spiro atoms. The van der Waals surface area contributed by atoms with E-state index in [9.17, 15) is 4.79 Å². The lowest BCUT2D eigenvalue weighted by Crippen LogP contribution is -3.20. The Kier molecular flexibility index (Phi) is 3.71. The van der Waals surface area contributed by atoms with Crippen LogP contribution in [0, 0.1) is 0 Å². The van der Waals surface area contributed by atoms with Crippen molar-refractivity contribution in [2.75, 3.05) is 26.3 Å². The predicted octanol–water partition coefficient (Wildman–Crippen LogP) is -0.763. The van der Waals surface area contributed by atoms with E-state index in [1.807, 2.05) is 17.5 Å². The average Bonchev–Trinajstić information content (AvgIpc) is 2.71. The summed E-state index contributed by atoms with van der Waals surface area (Å²) in [5, 5.41) is 3.10. The molecule has 0 bridgehead atoms. The van der Waals surface area contributed by atoms with E-state index in [1.54, 1.807) is 11.3 Å². The zero-order valence-corrected chi connectivity index (χ0v) is 9.31. The average molecular weight is 227 g/mol. The molecule has 2 N–H and O–H groups in total. The lowest BCUT2D eigenvalue weighted by molar-refractivity contribution is -0.943. The number of morpholine rings is 1. The zero-order valence-electron chi connectivity index (χ0n) is 8.49. The van der Waals surface area contributed by atoms with Gasteiger partial charge in [-0.2, -0.15) is 0 Å². The summed E-state index contributed by atoms with van der Waals surface area (Å²) in [7, 11) is 0. The molecular weight excluding hydrogens is 212 g/mol. The van der Waals surface area contributed by atoms with Gasteiger partial charge in [0.1, 0.15) is 13.1 Å². The number of quaternary nitrogens is 1. The van der Waals surface area contributed by atoms with Gasteiger partial charge in [-0.05, 0) is 11.4 Å². The molecule has 1 saturated heterocycles. The summed E-state index contributed by atoms with van der Waals surface area (Å²) in [6.45, 7) is 3.18. The minimum absolute atomic E-state index is 0.0920. The molecule has 5 heteroatoms. The number of hydrogen-bond donors (Lipinski definition) is 2. The smallest absolute Gasteiger partial charge is 0.270 e. The van der Waals surface area contributed by atoms with Gasteiger partial charge < -0.3 is 4.74 Å². The van der Waals surface area contributed by atoms with Crippen molar-refractivity contribution in [3.8, 4) is 0 Å². The van der Waals surface area contributed by atoms with Crippen LogP contribution in [0.15, 0.2) is 17.5 Å². The second kappa shape index (κ2) is 5.25. The Morgan fingerprint density at radius 2 is 2.33 bits per heavy atom. The Bertz CT molecular complexity index is 307. The van der Waals surface area contributed by atoms with Gasteiger partial charge in [0.2, 0.25) is 0 Å². The van der Waals surface area contributed by atoms with Crippen molar-refractivity contribution in [2.45, 2.75) is 6.42 Å². The third-order valence-corrected chi connectivity index (χ3v) is 3.20. The van der Waals surface area contributed by atoms with Gasteiger partial charge in [-0.25, -0.2) is 10.4 Å². The lowest BCUT2D eigenvalue weighted by Gasteiger charge is -2.23. The maximum absolute atomic E-state index is 11.6. The van der Waals surface area contributed by atoms with Gasteiger partial charge in [-0.1, -0.05) is 6.07 Å². The number of hydrogen-bond acceptors (Lipinski definition) is 3. The Morgan fingerprint density at radius 1 is 1.53 bits per heavy atom. The molecule has 1 aliphatic rings. The van der Waals surface area contributed by atoms with Crippen molar-refractivity contribution in [1.29, 1.82) is 0 Å². The fourth-order valence-corrected chi connectivity index (χ4v) is 2.26. The number of carbonyl (C=O) groups is 1. The van der Waals surface area contributed by atoms with E-state index in [-0.39, 0.29) is 5.91 Å². The van der Waals surface area contributed by atoms with Crippen LogP contribution < -0.4 is 10.4 Å². The second-order valence-corrected chi connectivity index (χ2v) is 4.55. The molecule has 1 amide bonds. The van der Waals surface area contributed by atoms with E-state index >= 15 is 0 Å². The normalized spacial score (nSPS) is 17.6. The number of thiophene rings is 1. The summed E-state index contributed by atoms with van der Waals surface area (Å²) in [5.74, 6) is 0.0920. The third kappa shape index (κ3) is 3.30. The first kappa shape index (κ1) is 10.6. The maximum Gasteiger partial charge on any atom is 0.270 e. The highest BCUT2D eigenvalue weighted by atomic mass is 32.1. The van der Waals surface area contributed by atoms with Crippen molar-refractivity contribution in [3.63, 3.8) is 0 Å². The molecule has 0 aromatic carbocycles. The first-order chi connectivity index (χ1) is 7.34. The van der Waals surface area contributed by atoms with Crippen LogP contribution in [0.4, 0.5) is 0 Å². The molecular formula is C10H15N2O2S+. The van der Waals surface area contributed by atoms with Crippen LogP contribution in [-0.4, -0.2) is 32.2 Å². The van der Waals surface area contributed by atoms with Crippen LogP contribution >= 0.6 is 11.3 Å². The number of nitrogens with one attached hydrogen (secondary N) is 2. The Hall–Kier alpha value is -0.910. The highest BCUT2D eigenvalue weighted by Gasteiger charge is 2.16. The Morgan fingerprint density at radius 3 is 3.00 bits per heavy atom. The van der Waals surface area contributed by atoms with E-state index in [1.165, 1.54) is 0 Å². The molecule has 2 rings (SSSR count). The van der Waals surface area contributed by atoms with Gasteiger partial charge >= 0.3 is 0 Å². The van der Waals surface area contributed by atoms with Gasteiger partial charge in [0.25, 0.3) is 5.91 Å². The minimum Gasteiger partial charge on any atom is -0.370 e. The van der Waals surface area contributed by atoms with E-state index in [0.717, 1.165) is 36.2 Å². The van der Waals surface area contributed by atoms with E-state index < -0.39 is 0 Å². The molecule has 1 aromatic heterocycles. The van der Waals surface area contributed by atoms with Crippen LogP contribution in [-0.2, 0) is 16.0 Å². The summed E-state index contributed by atoms with van der Waals surface area (Å²) >= 11 is 1.62. The first-order valence-electron chi connectivity index (χ1n) is 5.09. The van der Waals surface area contributed by atoms with Gasteiger partial charge in [-0.3, -0.25) is 4.79 Å². The molecule has 1 fully saturated rings. The Balaban J connectivity index is 1.76. The van der Waals surface area contributed by atoms with Crippen molar-refractivity contribution < 1.29 is 14.5 Å². The summed E-state index contributed by atoms with van der Waals surface area (Å²) in [4.78, 5) is 12.7. The van der Waals surface area contributed by atoms with Crippen LogP contribution in [0.25, 0.3) is 0 Å². The quantitative estimate of drug-likeness (QED) is 0.712. The predicted molar refractivity (Wildman–Crippen MR) is 57.7 cm³/mol. The molecule has 1 aliphatic heterocycles. The first-order valence-corrected chi connectivity index (χ1v) is 5.97. The lowest BCUT2D eigenvalue weighted by atomic mass is 10.3. The van der Waals surface area contributed by atoms with E-state index in [4.69, 9.17) is 4.74 Å². The van der Waals surface area contributed by atoms with Crippen molar-refractivity contribution in [3.05, 3.63) is 22.4 Å². The second-order valence-electron chi connectivity index (χ2n) is 3.52. The van der Waals surface area contributed by atoms with Crippen LogP contribution in [0.5, 0.6) is 0 Å². The summed E-state index contributed by atoms with van der Waals surface area (Å²) < 4.78 is 5.22. The molecule has 0 unspecified atom stereocenters. The largest absolute Gasteiger partial charge is 0.370 e. The van der Waals surface area contributed by atoms with Crippen molar-refractivity contribution >= 4 is 17.2 Å². The van der Waals surface area contributed by atoms with Gasteiger partial charge in [0, 0.05) is 4.88 Å². The number of ether oxygens (including phenoxy) is 1. The fraction of sp³-hybridized carbons (Fsp3) is 0.500. The topological polar surface area (TPSA) is 42.8 Å². The standard InChI is InChI=1S/C10H14N2O2S/c13-10(8-9-2-1-7-15-9)11-12-3-5-14-6-4-12/h1-2,7H,3-6,8H2,(H,11,13)/p+1. The number of carbonyl (C=O) groups excluding carboxylic acids is 1. The van der Waals surface area contributed by atoms with Gasteiger partial charge in [0.15, 0.2) is 0 Å². The maximum atomic E-state index is 11.6. The number of amides is 1. The minimum atomic E-state index is 0.0920. The zero-order chi connectivity index (χ0) is 10.5. The molecule has 82 valence electrons. The molecule has 1 aromatic rings. The molecule has 15 heavy (non-hydrogen) atoms. The SMILES string of the molecule is O=C(Cc1cccs1)N[NH+]1CCOCC1. The summed E-state index contributed by atoms with van der Waals surface area (Å²) in [6.07, 6.45) is 0.488. The van der Waals surface area contributed by atoms with Crippen LogP contribution in [0.1, 0.15) is 4.88 Å². The van der Waals surface area contributed by atoms with Gasteiger partial charge in [0.05, 0.1) is 19.6 Å². The Labute approximate surface area is 92.8 Å². The summed E-state index contributed by atoms with van der Waals surface area (Å²) in [6, 6.07) is 3.95. The van der Waals surface area contributed by atoms with Crippen molar-refractivity contribution in [1.82, 2.24) is 5.43 Å². The van der Waals surface area contributed by atoms with Crippen LogP contribution in [0.2, 0.25) is 0 Å². The molecule has 0 radical (unpaired) electrons. The molecule has 2 heterocycles.